The molecule has 2 saturated carbocycles. The molecule has 0 aromatic heterocycles. The van der Waals surface area contributed by atoms with E-state index >= 15 is 0 Å². The highest BCUT2D eigenvalue weighted by Crippen LogP contribution is 2.38. The highest BCUT2D eigenvalue weighted by Gasteiger charge is 2.53. The van der Waals surface area contributed by atoms with E-state index in [-0.39, 0.29) is 29.4 Å². The van der Waals surface area contributed by atoms with Crippen LogP contribution < -0.4 is 5.32 Å². The molecule has 0 unspecified atom stereocenters. The van der Waals surface area contributed by atoms with Crippen molar-refractivity contribution in [1.29, 1.82) is 0 Å². The summed E-state index contributed by atoms with van der Waals surface area (Å²) < 4.78 is 19.0. The zero-order chi connectivity index (χ0) is 16.9. The van der Waals surface area contributed by atoms with Crippen molar-refractivity contribution in [2.24, 2.45) is 11.8 Å². The third-order valence-electron chi connectivity index (χ3n) is 5.92. The summed E-state index contributed by atoms with van der Waals surface area (Å²) in [7, 11) is 1.66. The lowest BCUT2D eigenvalue weighted by Gasteiger charge is -2.56. The van der Waals surface area contributed by atoms with Crippen LogP contribution in [-0.2, 0) is 14.3 Å². The summed E-state index contributed by atoms with van der Waals surface area (Å²) in [5.74, 6) is 0.630. The number of likely N-dealkylation sites (N-methyl/N-ethyl adjacent to an activating group) is 1. The Hall–Kier alpha value is -1.21. The Morgan fingerprint density at radius 1 is 1.25 bits per heavy atom. The van der Waals surface area contributed by atoms with Crippen LogP contribution in [0.1, 0.15) is 25.7 Å². The Labute approximate surface area is 141 Å². The minimum atomic E-state index is -0.803. The number of hydrogen-bond donors (Lipinski definition) is 1. The van der Waals surface area contributed by atoms with Gasteiger partial charge in [0.1, 0.15) is 17.8 Å². The molecule has 1 spiro atoms. The van der Waals surface area contributed by atoms with Crippen LogP contribution in [0, 0.1) is 11.8 Å². The molecule has 134 valence electrons. The van der Waals surface area contributed by atoms with E-state index in [0.717, 1.165) is 6.54 Å². The van der Waals surface area contributed by atoms with Gasteiger partial charge in [0.05, 0.1) is 19.7 Å². The highest BCUT2D eigenvalue weighted by molar-refractivity contribution is 5.82. The molecule has 0 aromatic carbocycles. The number of nitrogens with one attached hydrogen (secondary N) is 1. The number of amides is 2. The number of morpholine rings is 1. The fourth-order valence-corrected chi connectivity index (χ4v) is 4.12. The van der Waals surface area contributed by atoms with Gasteiger partial charge < -0.3 is 15.0 Å². The van der Waals surface area contributed by atoms with Crippen molar-refractivity contribution in [1.82, 2.24) is 15.1 Å². The van der Waals surface area contributed by atoms with Gasteiger partial charge in [-0.15, -0.1) is 0 Å². The fraction of sp³-hybridized carbons (Fsp3) is 0.882. The van der Waals surface area contributed by atoms with Gasteiger partial charge in [-0.25, -0.2) is 4.39 Å². The third kappa shape index (κ3) is 2.92. The molecule has 2 aliphatic carbocycles. The van der Waals surface area contributed by atoms with Crippen LogP contribution >= 0.6 is 0 Å². The fourth-order valence-electron chi connectivity index (χ4n) is 4.12. The van der Waals surface area contributed by atoms with Gasteiger partial charge in [0.15, 0.2) is 0 Å². The molecule has 0 aromatic rings. The first kappa shape index (κ1) is 16.3. The molecule has 7 heteroatoms. The number of carbonyl (C=O) groups excluding carboxylic acids is 2. The van der Waals surface area contributed by atoms with E-state index in [9.17, 15) is 14.0 Å². The van der Waals surface area contributed by atoms with Crippen LogP contribution in [0.15, 0.2) is 0 Å². The Balaban J connectivity index is 1.35. The molecule has 1 N–H and O–H groups in total. The van der Waals surface area contributed by atoms with E-state index < -0.39 is 6.17 Å². The predicted molar refractivity (Wildman–Crippen MR) is 85.0 cm³/mol. The molecular weight excluding hydrogens is 313 g/mol. The minimum absolute atomic E-state index is 0.00112. The number of rotatable bonds is 4. The first-order valence-corrected chi connectivity index (χ1v) is 9.02. The molecule has 2 aliphatic heterocycles. The molecule has 2 saturated heterocycles. The predicted octanol–water partition coefficient (Wildman–Crippen LogP) is 0.172. The minimum Gasteiger partial charge on any atom is -0.368 e. The maximum absolute atomic E-state index is 13.0. The molecule has 4 rings (SSSR count). The average Bonchev–Trinajstić information content (AvgIpc) is 3.32. The first-order valence-electron chi connectivity index (χ1n) is 9.02. The van der Waals surface area contributed by atoms with Crippen LogP contribution in [0.2, 0.25) is 0 Å². The molecule has 0 radical (unpaired) electrons. The van der Waals surface area contributed by atoms with Crippen molar-refractivity contribution >= 4 is 11.8 Å². The number of carbonyl (C=O) groups is 2. The van der Waals surface area contributed by atoms with Crippen molar-refractivity contribution in [2.45, 2.75) is 43.5 Å². The second kappa shape index (κ2) is 5.95. The molecular formula is C17H26FN3O3. The Bertz CT molecular complexity index is 527. The van der Waals surface area contributed by atoms with Crippen LogP contribution in [0.5, 0.6) is 0 Å². The normalized spacial score (nSPS) is 35.2. The van der Waals surface area contributed by atoms with Crippen molar-refractivity contribution in [2.75, 3.05) is 39.8 Å². The van der Waals surface area contributed by atoms with Crippen molar-refractivity contribution in [3.63, 3.8) is 0 Å². The third-order valence-corrected chi connectivity index (χ3v) is 5.92. The maximum Gasteiger partial charge on any atom is 0.239 e. The topological polar surface area (TPSA) is 61.9 Å². The number of likely N-dealkylation sites (tertiary alicyclic amines) is 1. The van der Waals surface area contributed by atoms with Crippen LogP contribution in [0.4, 0.5) is 4.39 Å². The second-order valence-electron chi connectivity index (χ2n) is 7.96. The van der Waals surface area contributed by atoms with Gasteiger partial charge in [0.2, 0.25) is 11.8 Å². The first-order chi connectivity index (χ1) is 11.5. The summed E-state index contributed by atoms with van der Waals surface area (Å²) >= 11 is 0. The lowest BCUT2D eigenvalue weighted by Crippen LogP contribution is -2.74. The maximum atomic E-state index is 13.0. The number of nitrogens with zero attached hydrogens (tertiary/aromatic N) is 2. The summed E-state index contributed by atoms with van der Waals surface area (Å²) in [6, 6.07) is -0.232. The van der Waals surface area contributed by atoms with Crippen molar-refractivity contribution in [3.8, 4) is 0 Å². The molecule has 1 atom stereocenters. The van der Waals surface area contributed by atoms with Crippen LogP contribution in [0.3, 0.4) is 0 Å². The molecule has 6 nitrogen and oxygen atoms in total. The summed E-state index contributed by atoms with van der Waals surface area (Å²) in [5.41, 5.74) is -0.339. The van der Waals surface area contributed by atoms with Gasteiger partial charge in [-0.2, -0.15) is 0 Å². The summed E-state index contributed by atoms with van der Waals surface area (Å²) in [6.45, 7) is 3.15. The SMILES string of the molecule is CNC(=O)[C@H]1COC2(CN(C(=O)C3CC(F)C3)C2)CN1CC1CC1. The van der Waals surface area contributed by atoms with Crippen molar-refractivity contribution in [3.05, 3.63) is 0 Å². The summed E-state index contributed by atoms with van der Waals surface area (Å²) in [6.07, 6.45) is 2.41. The smallest absolute Gasteiger partial charge is 0.239 e. The number of halogens is 1. The Morgan fingerprint density at radius 3 is 2.54 bits per heavy atom. The standard InChI is InChI=1S/C17H26FN3O3/c1-19-15(22)14-7-24-17(8-20(14)6-11-2-3-11)9-21(10-17)16(23)12-4-13(18)5-12/h11-14H,2-10H2,1H3,(H,19,22)/t12?,13?,14-/m1/s1. The zero-order valence-corrected chi connectivity index (χ0v) is 14.2. The highest BCUT2D eigenvalue weighted by atomic mass is 19.1. The largest absolute Gasteiger partial charge is 0.368 e. The molecule has 4 aliphatic rings. The van der Waals surface area contributed by atoms with Gasteiger partial charge in [-0.05, 0) is 31.6 Å². The van der Waals surface area contributed by atoms with E-state index in [2.05, 4.69) is 10.2 Å². The average molecular weight is 339 g/mol. The van der Waals surface area contributed by atoms with E-state index in [1.165, 1.54) is 12.8 Å². The van der Waals surface area contributed by atoms with Crippen molar-refractivity contribution < 1.29 is 18.7 Å². The molecule has 0 bridgehead atoms. The zero-order valence-electron chi connectivity index (χ0n) is 14.2. The van der Waals surface area contributed by atoms with Gasteiger partial charge >= 0.3 is 0 Å². The lowest BCUT2D eigenvalue weighted by atomic mass is 9.80. The summed E-state index contributed by atoms with van der Waals surface area (Å²) in [4.78, 5) is 28.4. The van der Waals surface area contributed by atoms with Gasteiger partial charge in [0, 0.05) is 26.1 Å². The lowest BCUT2D eigenvalue weighted by molar-refractivity contribution is -0.207. The summed E-state index contributed by atoms with van der Waals surface area (Å²) in [5, 5.41) is 2.72. The number of hydrogen-bond acceptors (Lipinski definition) is 4. The van der Waals surface area contributed by atoms with Crippen LogP contribution in [-0.4, -0.2) is 79.3 Å². The molecule has 4 fully saturated rings. The number of alkyl halides is 1. The monoisotopic (exact) mass is 339 g/mol. The Morgan fingerprint density at radius 2 is 1.96 bits per heavy atom. The van der Waals surface area contributed by atoms with E-state index in [0.29, 0.717) is 45.0 Å². The van der Waals surface area contributed by atoms with Gasteiger partial charge in [-0.3, -0.25) is 14.5 Å². The number of ether oxygens (including phenoxy) is 1. The van der Waals surface area contributed by atoms with Crippen LogP contribution in [0.25, 0.3) is 0 Å². The van der Waals surface area contributed by atoms with Gasteiger partial charge in [0.25, 0.3) is 0 Å². The van der Waals surface area contributed by atoms with E-state index in [1.54, 1.807) is 11.9 Å². The van der Waals surface area contributed by atoms with E-state index in [1.807, 2.05) is 0 Å². The van der Waals surface area contributed by atoms with Gasteiger partial charge in [-0.1, -0.05) is 0 Å². The Kier molecular flexibility index (Phi) is 4.03. The molecule has 2 amide bonds. The van der Waals surface area contributed by atoms with E-state index in [4.69, 9.17) is 4.74 Å². The molecule has 24 heavy (non-hydrogen) atoms. The molecule has 2 heterocycles. The quantitative estimate of drug-likeness (QED) is 0.793. The second-order valence-corrected chi connectivity index (χ2v) is 7.96.